The summed E-state index contributed by atoms with van der Waals surface area (Å²) in [7, 11) is -3.70. The third kappa shape index (κ3) is 4.28. The largest absolute Gasteiger partial charge is 0.478 e. The second-order valence-corrected chi connectivity index (χ2v) is 7.88. The van der Waals surface area contributed by atoms with Crippen molar-refractivity contribution in [2.24, 2.45) is 5.92 Å². The number of sulfonamides is 1. The highest BCUT2D eigenvalue weighted by Gasteiger charge is 2.21. The quantitative estimate of drug-likeness (QED) is 0.800. The van der Waals surface area contributed by atoms with E-state index in [2.05, 4.69) is 20.7 Å². The molecule has 116 valence electrons. The maximum atomic E-state index is 12.3. The van der Waals surface area contributed by atoms with Gasteiger partial charge in [-0.2, -0.15) is 0 Å². The lowest BCUT2D eigenvalue weighted by atomic mass is 10.1. The summed E-state index contributed by atoms with van der Waals surface area (Å²) in [5.41, 5.74) is -0.0469. The number of nitrogens with one attached hydrogen (secondary N) is 1. The molecule has 2 N–H and O–H groups in total. The first-order valence-electron chi connectivity index (χ1n) is 6.92. The van der Waals surface area contributed by atoms with Crippen LogP contribution in [0.15, 0.2) is 27.6 Å². The highest BCUT2D eigenvalue weighted by molar-refractivity contribution is 9.10. The third-order valence-corrected chi connectivity index (χ3v) is 6.24. The van der Waals surface area contributed by atoms with Gasteiger partial charge in [-0.15, -0.1) is 0 Å². The molecule has 0 spiro atoms. The van der Waals surface area contributed by atoms with E-state index >= 15 is 0 Å². The molecular formula is C14H18BrNO4S. The first-order valence-corrected chi connectivity index (χ1v) is 9.20. The monoisotopic (exact) mass is 375 g/mol. The Labute approximate surface area is 132 Å². The van der Waals surface area contributed by atoms with Crippen molar-refractivity contribution in [3.63, 3.8) is 0 Å². The number of halogens is 1. The van der Waals surface area contributed by atoms with Gasteiger partial charge in [-0.25, -0.2) is 17.9 Å². The zero-order valence-electron chi connectivity index (χ0n) is 11.5. The van der Waals surface area contributed by atoms with Crippen LogP contribution in [0.1, 0.15) is 42.5 Å². The summed E-state index contributed by atoms with van der Waals surface area (Å²) in [4.78, 5) is 10.9. The van der Waals surface area contributed by atoms with E-state index in [-0.39, 0.29) is 10.5 Å². The van der Waals surface area contributed by atoms with Crippen molar-refractivity contribution in [3.05, 3.63) is 28.2 Å². The van der Waals surface area contributed by atoms with Gasteiger partial charge in [0.2, 0.25) is 10.0 Å². The fourth-order valence-corrected chi connectivity index (χ4v) is 4.65. The average molecular weight is 376 g/mol. The summed E-state index contributed by atoms with van der Waals surface area (Å²) in [6, 6.07) is 3.98. The van der Waals surface area contributed by atoms with Crippen molar-refractivity contribution in [3.8, 4) is 0 Å². The summed E-state index contributed by atoms with van der Waals surface area (Å²) >= 11 is 3.16. The molecule has 0 bridgehead atoms. The lowest BCUT2D eigenvalue weighted by molar-refractivity contribution is 0.0696. The van der Waals surface area contributed by atoms with Crippen molar-refractivity contribution in [1.29, 1.82) is 0 Å². The smallest absolute Gasteiger partial charge is 0.335 e. The van der Waals surface area contributed by atoms with Crippen LogP contribution >= 0.6 is 15.9 Å². The number of carboxylic acids is 1. The Balaban J connectivity index is 2.07. The molecule has 0 amide bonds. The molecular weight excluding hydrogens is 358 g/mol. The number of hydrogen-bond acceptors (Lipinski definition) is 3. The number of benzene rings is 1. The first-order chi connectivity index (χ1) is 9.90. The maximum absolute atomic E-state index is 12.3. The fraction of sp³-hybridized carbons (Fsp3) is 0.500. The van der Waals surface area contributed by atoms with Gasteiger partial charge >= 0.3 is 5.97 Å². The van der Waals surface area contributed by atoms with Crippen molar-refractivity contribution in [1.82, 2.24) is 4.72 Å². The van der Waals surface area contributed by atoms with Crippen LogP contribution in [0.4, 0.5) is 0 Å². The molecule has 7 heteroatoms. The van der Waals surface area contributed by atoms with Crippen LogP contribution in [0.25, 0.3) is 0 Å². The molecule has 1 aliphatic rings. The van der Waals surface area contributed by atoms with Crippen LogP contribution < -0.4 is 4.72 Å². The standard InChI is InChI=1S/C14H18BrNO4S/c15-12-6-5-11(14(17)18)9-13(12)21(19,20)16-8-7-10-3-1-2-4-10/h5-6,9-10,16H,1-4,7-8H2,(H,17,18). The molecule has 0 radical (unpaired) electrons. The van der Waals surface area contributed by atoms with Gasteiger partial charge in [0.25, 0.3) is 0 Å². The van der Waals surface area contributed by atoms with Gasteiger partial charge in [0.15, 0.2) is 0 Å². The van der Waals surface area contributed by atoms with Crippen LogP contribution in [0, 0.1) is 5.92 Å². The first kappa shape index (κ1) is 16.5. The van der Waals surface area contributed by atoms with E-state index in [9.17, 15) is 13.2 Å². The Morgan fingerprint density at radius 1 is 1.33 bits per heavy atom. The molecule has 0 aliphatic heterocycles. The molecule has 1 saturated carbocycles. The third-order valence-electron chi connectivity index (χ3n) is 3.79. The van der Waals surface area contributed by atoms with Crippen molar-refractivity contribution < 1.29 is 18.3 Å². The summed E-state index contributed by atoms with van der Waals surface area (Å²) < 4.78 is 27.5. The van der Waals surface area contributed by atoms with Crippen molar-refractivity contribution >= 4 is 31.9 Å². The predicted octanol–water partition coefficient (Wildman–Crippen LogP) is 3.01. The van der Waals surface area contributed by atoms with Crippen molar-refractivity contribution in [2.45, 2.75) is 37.0 Å². The molecule has 21 heavy (non-hydrogen) atoms. The minimum Gasteiger partial charge on any atom is -0.478 e. The second kappa shape index (κ2) is 6.89. The SMILES string of the molecule is O=C(O)c1ccc(Br)c(S(=O)(=O)NCCC2CCCC2)c1. The van der Waals surface area contributed by atoms with Gasteiger partial charge < -0.3 is 5.11 Å². The molecule has 1 aliphatic carbocycles. The number of carbonyl (C=O) groups is 1. The molecule has 2 rings (SSSR count). The Morgan fingerprint density at radius 3 is 2.62 bits per heavy atom. The maximum Gasteiger partial charge on any atom is 0.335 e. The summed E-state index contributed by atoms with van der Waals surface area (Å²) in [5, 5.41) is 8.95. The van der Waals surface area contributed by atoms with Crippen LogP contribution in [0.3, 0.4) is 0 Å². The molecule has 1 fully saturated rings. The molecule has 0 saturated heterocycles. The van der Waals surface area contributed by atoms with Gasteiger partial charge in [0.05, 0.1) is 10.5 Å². The Bertz CT molecular complexity index is 624. The average Bonchev–Trinajstić information content (AvgIpc) is 2.91. The molecule has 1 aromatic rings. The molecule has 1 aromatic carbocycles. The highest BCUT2D eigenvalue weighted by Crippen LogP contribution is 2.27. The van der Waals surface area contributed by atoms with Crippen LogP contribution in [-0.2, 0) is 10.0 Å². The predicted molar refractivity (Wildman–Crippen MR) is 82.9 cm³/mol. The van der Waals surface area contributed by atoms with E-state index in [0.717, 1.165) is 6.42 Å². The number of hydrogen-bond donors (Lipinski definition) is 2. The van der Waals surface area contributed by atoms with Gasteiger partial charge in [-0.05, 0) is 46.5 Å². The van der Waals surface area contributed by atoms with Crippen LogP contribution in [-0.4, -0.2) is 26.0 Å². The zero-order valence-corrected chi connectivity index (χ0v) is 13.9. The van der Waals surface area contributed by atoms with E-state index in [4.69, 9.17) is 5.11 Å². The lowest BCUT2D eigenvalue weighted by Crippen LogP contribution is -2.26. The Hall–Kier alpha value is -0.920. The molecule has 0 atom stereocenters. The van der Waals surface area contributed by atoms with Crippen molar-refractivity contribution in [2.75, 3.05) is 6.54 Å². The number of aromatic carboxylic acids is 1. The van der Waals surface area contributed by atoms with Gasteiger partial charge in [-0.3, -0.25) is 0 Å². The summed E-state index contributed by atoms with van der Waals surface area (Å²) in [6.07, 6.45) is 5.61. The second-order valence-electron chi connectivity index (χ2n) is 5.29. The molecule has 0 unspecified atom stereocenters. The number of rotatable bonds is 6. The summed E-state index contributed by atoms with van der Waals surface area (Å²) in [6.45, 7) is 0.386. The van der Waals surface area contributed by atoms with Crippen LogP contribution in [0.2, 0.25) is 0 Å². The van der Waals surface area contributed by atoms with Gasteiger partial charge in [0, 0.05) is 11.0 Å². The van der Waals surface area contributed by atoms with Crippen LogP contribution in [0.5, 0.6) is 0 Å². The Morgan fingerprint density at radius 2 is 2.00 bits per heavy atom. The minimum atomic E-state index is -3.70. The highest BCUT2D eigenvalue weighted by atomic mass is 79.9. The van der Waals surface area contributed by atoms with E-state index in [1.165, 1.54) is 43.9 Å². The molecule has 0 heterocycles. The van der Waals surface area contributed by atoms with E-state index in [1.807, 2.05) is 0 Å². The molecule has 5 nitrogen and oxygen atoms in total. The van der Waals surface area contributed by atoms with E-state index < -0.39 is 16.0 Å². The lowest BCUT2D eigenvalue weighted by Gasteiger charge is -2.12. The minimum absolute atomic E-state index is 0.0335. The van der Waals surface area contributed by atoms with Gasteiger partial charge in [0.1, 0.15) is 0 Å². The Kier molecular flexibility index (Phi) is 5.40. The number of carboxylic acid groups (broad SMARTS) is 1. The fourth-order valence-electron chi connectivity index (χ4n) is 2.62. The summed E-state index contributed by atoms with van der Waals surface area (Å²) in [5.74, 6) is -0.550. The molecule has 0 aromatic heterocycles. The normalized spacial score (nSPS) is 16.2. The topological polar surface area (TPSA) is 83.5 Å². The zero-order chi connectivity index (χ0) is 15.5. The van der Waals surface area contributed by atoms with E-state index in [0.29, 0.717) is 16.9 Å². The van der Waals surface area contributed by atoms with E-state index in [1.54, 1.807) is 0 Å². The van der Waals surface area contributed by atoms with Gasteiger partial charge in [-0.1, -0.05) is 25.7 Å².